The summed E-state index contributed by atoms with van der Waals surface area (Å²) in [5, 5.41) is 17.5. The van der Waals surface area contributed by atoms with Crippen molar-refractivity contribution in [3.63, 3.8) is 0 Å². The second kappa shape index (κ2) is 4.84. The molecule has 1 heterocycles. The van der Waals surface area contributed by atoms with Crippen molar-refractivity contribution in [1.82, 2.24) is 15.0 Å². The number of aromatic carboxylic acids is 1. The van der Waals surface area contributed by atoms with Crippen LogP contribution in [0.1, 0.15) is 34.1 Å². The number of benzene rings is 1. The third-order valence-electron chi connectivity index (χ3n) is 3.45. The molecule has 0 radical (unpaired) electrons. The van der Waals surface area contributed by atoms with Crippen LogP contribution in [0.3, 0.4) is 0 Å². The molecule has 0 unspecified atom stereocenters. The molecule has 5 nitrogen and oxygen atoms in total. The fourth-order valence-electron chi connectivity index (χ4n) is 2.03. The van der Waals surface area contributed by atoms with Gasteiger partial charge in [0.1, 0.15) is 5.69 Å². The molecule has 0 fully saturated rings. The van der Waals surface area contributed by atoms with E-state index in [-0.39, 0.29) is 5.69 Å². The van der Waals surface area contributed by atoms with E-state index in [1.165, 1.54) is 10.4 Å². The highest BCUT2D eigenvalue weighted by atomic mass is 16.4. The first kappa shape index (κ1) is 13.3. The summed E-state index contributed by atoms with van der Waals surface area (Å²) in [6.07, 6.45) is 0. The minimum absolute atomic E-state index is 0.00760. The zero-order valence-corrected chi connectivity index (χ0v) is 11.6. The molecule has 5 heteroatoms. The molecule has 0 aliphatic rings. The number of hydrogen-bond acceptors (Lipinski definition) is 3. The van der Waals surface area contributed by atoms with Crippen LogP contribution in [0.5, 0.6) is 0 Å². The average Bonchev–Trinajstić information content (AvgIpc) is 2.80. The van der Waals surface area contributed by atoms with Crippen molar-refractivity contribution in [1.29, 1.82) is 0 Å². The van der Waals surface area contributed by atoms with Crippen LogP contribution >= 0.6 is 0 Å². The van der Waals surface area contributed by atoms with Crippen LogP contribution in [0, 0.1) is 20.8 Å². The molecule has 2 aromatic rings. The smallest absolute Gasteiger partial charge is 0.358 e. The van der Waals surface area contributed by atoms with Crippen LogP contribution in [0.15, 0.2) is 12.1 Å². The van der Waals surface area contributed by atoms with E-state index in [4.69, 9.17) is 0 Å². The molecule has 0 aliphatic heterocycles. The van der Waals surface area contributed by atoms with Crippen LogP contribution in [0.2, 0.25) is 0 Å². The Bertz CT molecular complexity index is 644. The van der Waals surface area contributed by atoms with Crippen LogP contribution in [-0.2, 0) is 6.54 Å². The second-order valence-electron chi connectivity index (χ2n) is 4.57. The van der Waals surface area contributed by atoms with E-state index in [0.717, 1.165) is 16.7 Å². The Hall–Kier alpha value is -2.17. The maximum Gasteiger partial charge on any atom is 0.358 e. The highest BCUT2D eigenvalue weighted by Crippen LogP contribution is 2.27. The summed E-state index contributed by atoms with van der Waals surface area (Å²) in [5.74, 6) is -1.05. The fraction of sp³-hybridized carbons (Fsp3) is 0.357. The Morgan fingerprint density at radius 2 is 1.89 bits per heavy atom. The molecule has 1 N–H and O–H groups in total. The summed E-state index contributed by atoms with van der Waals surface area (Å²) in [5.41, 5.74) is 4.66. The van der Waals surface area contributed by atoms with Gasteiger partial charge in [-0.2, -0.15) is 9.90 Å². The van der Waals surface area contributed by atoms with Gasteiger partial charge in [-0.15, -0.1) is 5.10 Å². The third kappa shape index (κ3) is 2.23. The lowest BCUT2D eigenvalue weighted by Gasteiger charge is -2.09. The zero-order valence-electron chi connectivity index (χ0n) is 11.6. The normalized spacial score (nSPS) is 10.7. The van der Waals surface area contributed by atoms with Crippen LogP contribution in [0.4, 0.5) is 0 Å². The first-order chi connectivity index (χ1) is 8.95. The van der Waals surface area contributed by atoms with Gasteiger partial charge >= 0.3 is 5.97 Å². The Morgan fingerprint density at radius 3 is 2.47 bits per heavy atom. The van der Waals surface area contributed by atoms with Gasteiger partial charge < -0.3 is 5.11 Å². The van der Waals surface area contributed by atoms with Gasteiger partial charge in [0.2, 0.25) is 0 Å². The summed E-state index contributed by atoms with van der Waals surface area (Å²) in [6.45, 7) is 8.47. The molecule has 0 amide bonds. The van der Waals surface area contributed by atoms with Crippen molar-refractivity contribution in [3.05, 3.63) is 34.5 Å². The summed E-state index contributed by atoms with van der Waals surface area (Å²) in [7, 11) is 0. The highest BCUT2D eigenvalue weighted by molar-refractivity contribution is 5.93. The largest absolute Gasteiger partial charge is 0.476 e. The van der Waals surface area contributed by atoms with Crippen molar-refractivity contribution in [2.24, 2.45) is 0 Å². The molecular formula is C14H17N3O2. The number of aromatic nitrogens is 3. The van der Waals surface area contributed by atoms with Gasteiger partial charge in [-0.3, -0.25) is 0 Å². The fourth-order valence-corrected chi connectivity index (χ4v) is 2.03. The Morgan fingerprint density at radius 1 is 1.21 bits per heavy atom. The Labute approximate surface area is 111 Å². The van der Waals surface area contributed by atoms with Gasteiger partial charge in [0.05, 0.1) is 6.54 Å². The molecule has 0 saturated carbocycles. The number of hydrogen-bond donors (Lipinski definition) is 1. The number of rotatable bonds is 3. The lowest BCUT2D eigenvalue weighted by atomic mass is 9.96. The average molecular weight is 259 g/mol. The predicted molar refractivity (Wildman–Crippen MR) is 72.3 cm³/mol. The highest BCUT2D eigenvalue weighted by Gasteiger charge is 2.20. The van der Waals surface area contributed by atoms with E-state index >= 15 is 0 Å². The van der Waals surface area contributed by atoms with E-state index in [1.807, 2.05) is 39.8 Å². The maximum atomic E-state index is 11.3. The van der Waals surface area contributed by atoms with E-state index in [0.29, 0.717) is 12.2 Å². The minimum atomic E-state index is -1.05. The first-order valence-electron chi connectivity index (χ1n) is 6.21. The zero-order chi connectivity index (χ0) is 14.2. The Balaban J connectivity index is 2.68. The van der Waals surface area contributed by atoms with E-state index < -0.39 is 5.97 Å². The van der Waals surface area contributed by atoms with Crippen LogP contribution in [-0.4, -0.2) is 26.1 Å². The summed E-state index contributed by atoms with van der Waals surface area (Å²) in [6, 6.07) is 3.89. The number of carboxylic acids is 1. The summed E-state index contributed by atoms with van der Waals surface area (Å²) >= 11 is 0. The van der Waals surface area contributed by atoms with Gasteiger partial charge in [0, 0.05) is 5.56 Å². The molecule has 100 valence electrons. The second-order valence-corrected chi connectivity index (χ2v) is 4.57. The molecule has 0 atom stereocenters. The van der Waals surface area contributed by atoms with Gasteiger partial charge in [-0.25, -0.2) is 4.79 Å². The van der Waals surface area contributed by atoms with Gasteiger partial charge in [0.25, 0.3) is 0 Å². The molecule has 1 aromatic heterocycles. The topological polar surface area (TPSA) is 68.0 Å². The number of carbonyl (C=O) groups is 1. The van der Waals surface area contributed by atoms with Crippen molar-refractivity contribution < 1.29 is 9.90 Å². The molecule has 1 aromatic carbocycles. The van der Waals surface area contributed by atoms with E-state index in [2.05, 4.69) is 10.2 Å². The van der Waals surface area contributed by atoms with Crippen molar-refractivity contribution >= 4 is 5.97 Å². The SMILES string of the molecule is CCn1nc(C(=O)O)c(-c2ccc(C)c(C)c2C)n1. The van der Waals surface area contributed by atoms with Crippen LogP contribution < -0.4 is 0 Å². The molecular weight excluding hydrogens is 242 g/mol. The number of nitrogens with zero attached hydrogens (tertiary/aromatic N) is 3. The predicted octanol–water partition coefficient (Wildman–Crippen LogP) is 2.59. The van der Waals surface area contributed by atoms with Gasteiger partial charge in [-0.05, 0) is 44.4 Å². The molecule has 0 saturated heterocycles. The van der Waals surface area contributed by atoms with Crippen molar-refractivity contribution in [3.8, 4) is 11.3 Å². The molecule has 0 spiro atoms. The van der Waals surface area contributed by atoms with Crippen molar-refractivity contribution in [2.75, 3.05) is 0 Å². The molecule has 2 rings (SSSR count). The lowest BCUT2D eigenvalue weighted by molar-refractivity contribution is 0.0690. The van der Waals surface area contributed by atoms with E-state index in [1.54, 1.807) is 0 Å². The summed E-state index contributed by atoms with van der Waals surface area (Å²) in [4.78, 5) is 12.7. The van der Waals surface area contributed by atoms with Crippen molar-refractivity contribution in [2.45, 2.75) is 34.2 Å². The summed E-state index contributed by atoms with van der Waals surface area (Å²) < 4.78 is 0. The first-order valence-corrected chi connectivity index (χ1v) is 6.21. The standard InChI is InChI=1S/C14H17N3O2/c1-5-17-15-12(13(16-17)14(18)19)11-7-6-8(2)9(3)10(11)4/h6-7H,5H2,1-4H3,(H,18,19). The minimum Gasteiger partial charge on any atom is -0.476 e. The third-order valence-corrected chi connectivity index (χ3v) is 3.45. The number of carboxylic acid groups (broad SMARTS) is 1. The quantitative estimate of drug-likeness (QED) is 0.919. The lowest BCUT2D eigenvalue weighted by Crippen LogP contribution is -2.02. The van der Waals surface area contributed by atoms with Gasteiger partial charge in [-0.1, -0.05) is 12.1 Å². The number of aryl methyl sites for hydroxylation is 2. The van der Waals surface area contributed by atoms with Crippen LogP contribution in [0.25, 0.3) is 11.3 Å². The monoisotopic (exact) mass is 259 g/mol. The molecule has 19 heavy (non-hydrogen) atoms. The maximum absolute atomic E-state index is 11.3. The molecule has 0 aliphatic carbocycles. The van der Waals surface area contributed by atoms with Gasteiger partial charge in [0.15, 0.2) is 5.69 Å². The molecule has 0 bridgehead atoms. The Kier molecular flexibility index (Phi) is 3.38. The van der Waals surface area contributed by atoms with E-state index in [9.17, 15) is 9.90 Å².